The highest BCUT2D eigenvalue weighted by Gasteiger charge is 2.02. The molecule has 0 atom stereocenters. The molecule has 0 aliphatic rings. The molecule has 2 aromatic rings. The molecule has 0 radical (unpaired) electrons. The second-order valence-corrected chi connectivity index (χ2v) is 3.87. The molecule has 0 aliphatic carbocycles. The van der Waals surface area contributed by atoms with Crippen LogP contribution >= 0.6 is 24.2 Å². The summed E-state index contributed by atoms with van der Waals surface area (Å²) in [5, 5.41) is 4.64. The lowest BCUT2D eigenvalue weighted by Crippen LogP contribution is -1.88. The van der Waals surface area contributed by atoms with E-state index < -0.39 is 0 Å². The quantitative estimate of drug-likeness (QED) is 0.660. The maximum absolute atomic E-state index is 5.82. The van der Waals surface area contributed by atoms with Gasteiger partial charge in [0.2, 0.25) is 0 Å². The Labute approximate surface area is 98.2 Å². The molecule has 0 bridgehead atoms. The zero-order valence-electron chi connectivity index (χ0n) is 7.97. The van der Waals surface area contributed by atoms with Crippen LogP contribution < -0.4 is 0 Å². The van der Waals surface area contributed by atoms with Crippen LogP contribution in [0.25, 0.3) is 11.7 Å². The van der Waals surface area contributed by atoms with E-state index in [1.807, 2.05) is 12.2 Å². The Bertz CT molecular complexity index is 492. The van der Waals surface area contributed by atoms with Gasteiger partial charge in [-0.15, -0.1) is 0 Å². The second-order valence-electron chi connectivity index (χ2n) is 3.03. The first-order valence-corrected chi connectivity index (χ1v) is 5.59. The lowest BCUT2D eigenvalue weighted by atomic mass is 10.3. The maximum Gasteiger partial charge on any atom is 0.163 e. The monoisotopic (exact) mass is 239 g/mol. The third kappa shape index (κ3) is 2.33. The number of allylic oxidation sites excluding steroid dienone is 1. The molecule has 2 heterocycles. The number of hydrogen-bond donors (Lipinski definition) is 1. The van der Waals surface area contributed by atoms with E-state index in [2.05, 4.69) is 22.7 Å². The third-order valence-corrected chi connectivity index (χ3v) is 2.42. The van der Waals surface area contributed by atoms with Crippen molar-refractivity contribution in [3.63, 3.8) is 0 Å². The number of hydrogen-bond acceptors (Lipinski definition) is 3. The smallest absolute Gasteiger partial charge is 0.163 e. The fourth-order valence-corrected chi connectivity index (χ4v) is 1.55. The van der Waals surface area contributed by atoms with Crippen molar-refractivity contribution in [1.29, 1.82) is 0 Å². The van der Waals surface area contributed by atoms with Crippen molar-refractivity contribution in [3.8, 4) is 0 Å². The lowest BCUT2D eigenvalue weighted by molar-refractivity contribution is 0.939. The van der Waals surface area contributed by atoms with Gasteiger partial charge in [-0.3, -0.25) is 0 Å². The first kappa shape index (κ1) is 10.5. The van der Waals surface area contributed by atoms with Crippen molar-refractivity contribution in [2.24, 2.45) is 0 Å². The molecule has 0 spiro atoms. The lowest BCUT2D eigenvalue weighted by Gasteiger charge is -1.93. The minimum Gasteiger partial charge on any atom is -0.222 e. The van der Waals surface area contributed by atoms with Crippen LogP contribution in [-0.4, -0.2) is 20.4 Å². The van der Waals surface area contributed by atoms with Crippen LogP contribution in [0, 0.1) is 0 Å². The van der Waals surface area contributed by atoms with Gasteiger partial charge in [0.15, 0.2) is 5.65 Å². The predicted molar refractivity (Wildman–Crippen MR) is 65.5 cm³/mol. The Hall–Kier alpha value is -1.00. The van der Waals surface area contributed by atoms with Crippen molar-refractivity contribution >= 4 is 36.0 Å². The minimum atomic E-state index is 0.479. The zero-order chi connectivity index (χ0) is 10.7. The van der Waals surface area contributed by atoms with E-state index >= 15 is 0 Å². The summed E-state index contributed by atoms with van der Waals surface area (Å²) < 4.78 is 1.70. The van der Waals surface area contributed by atoms with Gasteiger partial charge in [0.05, 0.1) is 6.20 Å². The van der Waals surface area contributed by atoms with Gasteiger partial charge in [0.25, 0.3) is 0 Å². The van der Waals surface area contributed by atoms with Crippen LogP contribution in [-0.2, 0) is 0 Å². The average Bonchev–Trinajstić information content (AvgIpc) is 2.62. The van der Waals surface area contributed by atoms with Gasteiger partial charge in [-0.2, -0.15) is 17.7 Å². The van der Waals surface area contributed by atoms with Crippen molar-refractivity contribution < 1.29 is 0 Å². The summed E-state index contributed by atoms with van der Waals surface area (Å²) in [4.78, 5) is 4.21. The van der Waals surface area contributed by atoms with Crippen LogP contribution in [0.1, 0.15) is 12.0 Å². The Kier molecular flexibility index (Phi) is 3.28. The Morgan fingerprint density at radius 2 is 2.40 bits per heavy atom. The summed E-state index contributed by atoms with van der Waals surface area (Å²) in [5.41, 5.74) is 1.75. The molecule has 0 aromatic carbocycles. The van der Waals surface area contributed by atoms with E-state index in [-0.39, 0.29) is 0 Å². The fraction of sp³-hybridized carbons (Fsp3) is 0.200. The van der Waals surface area contributed by atoms with E-state index in [1.165, 1.54) is 0 Å². The summed E-state index contributed by atoms with van der Waals surface area (Å²) in [5.74, 6) is 0.837. The number of fused-ring (bicyclic) bond motifs is 1. The highest BCUT2D eigenvalue weighted by atomic mass is 35.5. The van der Waals surface area contributed by atoms with Crippen LogP contribution in [0.15, 0.2) is 24.5 Å². The standard InChI is InChI=1S/C10H10ClN3S/c11-9-4-5-14-10(13-9)8(7-12-14)3-1-2-6-15/h1,3-5,7,15H,2,6H2. The summed E-state index contributed by atoms with van der Waals surface area (Å²) in [6.45, 7) is 0. The molecule has 5 heteroatoms. The number of rotatable bonds is 3. The highest BCUT2D eigenvalue weighted by molar-refractivity contribution is 7.80. The molecule has 2 rings (SSSR count). The SMILES string of the molecule is SCCC=Cc1cnn2ccc(Cl)nc12. The van der Waals surface area contributed by atoms with Gasteiger partial charge in [0, 0.05) is 11.8 Å². The molecule has 0 amide bonds. The van der Waals surface area contributed by atoms with Gasteiger partial charge in [-0.25, -0.2) is 9.50 Å². The topological polar surface area (TPSA) is 30.2 Å². The van der Waals surface area contributed by atoms with E-state index in [0.717, 1.165) is 23.4 Å². The molecule has 0 saturated carbocycles. The number of aromatic nitrogens is 3. The fourth-order valence-electron chi connectivity index (χ4n) is 1.27. The molecule has 0 N–H and O–H groups in total. The maximum atomic E-state index is 5.82. The summed E-state index contributed by atoms with van der Waals surface area (Å²) in [6, 6.07) is 1.71. The van der Waals surface area contributed by atoms with E-state index in [9.17, 15) is 0 Å². The number of thiol groups is 1. The molecular formula is C10H10ClN3S. The molecule has 0 fully saturated rings. The third-order valence-electron chi connectivity index (χ3n) is 1.96. The van der Waals surface area contributed by atoms with Gasteiger partial charge >= 0.3 is 0 Å². The van der Waals surface area contributed by atoms with Gasteiger partial charge in [0.1, 0.15) is 5.15 Å². The molecule has 0 aliphatic heterocycles. The summed E-state index contributed by atoms with van der Waals surface area (Å²) in [6.07, 6.45) is 8.53. The van der Waals surface area contributed by atoms with Gasteiger partial charge < -0.3 is 0 Å². The number of halogens is 1. The summed E-state index contributed by atoms with van der Waals surface area (Å²) >= 11 is 9.95. The zero-order valence-corrected chi connectivity index (χ0v) is 9.62. The first-order chi connectivity index (χ1) is 7.31. The predicted octanol–water partition coefficient (Wildman–Crippen LogP) is 2.72. The molecule has 0 unspecified atom stereocenters. The van der Waals surface area contributed by atoms with Crippen LogP contribution in [0.4, 0.5) is 0 Å². The minimum absolute atomic E-state index is 0.479. The van der Waals surface area contributed by atoms with Crippen molar-refractivity contribution in [2.75, 3.05) is 5.75 Å². The molecule has 0 saturated heterocycles. The average molecular weight is 240 g/mol. The van der Waals surface area contributed by atoms with E-state index in [0.29, 0.717) is 5.15 Å². The Morgan fingerprint density at radius 3 is 3.20 bits per heavy atom. The highest BCUT2D eigenvalue weighted by Crippen LogP contribution is 2.13. The second kappa shape index (κ2) is 4.68. The van der Waals surface area contributed by atoms with Gasteiger partial charge in [-0.1, -0.05) is 23.8 Å². The van der Waals surface area contributed by atoms with Crippen LogP contribution in [0.3, 0.4) is 0 Å². The van der Waals surface area contributed by atoms with Crippen molar-refractivity contribution in [2.45, 2.75) is 6.42 Å². The van der Waals surface area contributed by atoms with Crippen LogP contribution in [0.5, 0.6) is 0 Å². The Balaban J connectivity index is 2.39. The van der Waals surface area contributed by atoms with Crippen molar-refractivity contribution in [3.05, 3.63) is 35.3 Å². The number of nitrogens with zero attached hydrogens (tertiary/aromatic N) is 3. The molecular weight excluding hydrogens is 230 g/mol. The first-order valence-electron chi connectivity index (χ1n) is 4.58. The van der Waals surface area contributed by atoms with E-state index in [4.69, 9.17) is 11.6 Å². The molecule has 78 valence electrons. The van der Waals surface area contributed by atoms with Crippen molar-refractivity contribution in [1.82, 2.24) is 14.6 Å². The van der Waals surface area contributed by atoms with Gasteiger partial charge in [-0.05, 0) is 18.2 Å². The summed E-state index contributed by atoms with van der Waals surface area (Å²) in [7, 11) is 0. The normalized spacial score (nSPS) is 11.6. The van der Waals surface area contributed by atoms with E-state index in [1.54, 1.807) is 23.0 Å². The van der Waals surface area contributed by atoms with Crippen LogP contribution in [0.2, 0.25) is 5.15 Å². The molecule has 3 nitrogen and oxygen atoms in total. The molecule has 15 heavy (non-hydrogen) atoms. The largest absolute Gasteiger partial charge is 0.222 e. The Morgan fingerprint density at radius 1 is 1.53 bits per heavy atom. The molecule has 2 aromatic heterocycles.